The van der Waals surface area contributed by atoms with Crippen molar-refractivity contribution in [2.75, 3.05) is 19.0 Å². The van der Waals surface area contributed by atoms with Gasteiger partial charge in [-0.25, -0.2) is 0 Å². The Morgan fingerprint density at radius 2 is 1.81 bits per heavy atom. The molecule has 0 heterocycles. The number of hydrogen-bond donors (Lipinski definition) is 2. The van der Waals surface area contributed by atoms with Crippen LogP contribution in [0.4, 0.5) is 5.69 Å². The Kier molecular flexibility index (Phi) is 4.53. The highest BCUT2D eigenvalue weighted by Gasteiger charge is 2.27. The molecular weight excluding hydrogens is 262 g/mol. The van der Waals surface area contributed by atoms with Gasteiger partial charge in [0.2, 0.25) is 0 Å². The zero-order valence-electron chi connectivity index (χ0n) is 13.1. The normalized spacial score (nSPS) is 13.6. The predicted octanol–water partition coefficient (Wildman–Crippen LogP) is 3.63. The van der Waals surface area contributed by atoms with Gasteiger partial charge in [-0.15, -0.1) is 0 Å². The van der Waals surface area contributed by atoms with Gasteiger partial charge in [-0.05, 0) is 49.6 Å². The third kappa shape index (κ3) is 3.19. The lowest BCUT2D eigenvalue weighted by Gasteiger charge is -2.31. The molecule has 0 aliphatic rings. The van der Waals surface area contributed by atoms with E-state index >= 15 is 0 Å². The van der Waals surface area contributed by atoms with Crippen molar-refractivity contribution in [2.45, 2.75) is 26.3 Å². The molecule has 0 aliphatic heterocycles. The second-order valence-electron chi connectivity index (χ2n) is 5.61. The second-order valence-corrected chi connectivity index (χ2v) is 5.61. The number of para-hydroxylation sites is 2. The van der Waals surface area contributed by atoms with E-state index in [1.165, 1.54) is 11.1 Å². The van der Waals surface area contributed by atoms with Crippen molar-refractivity contribution in [3.8, 4) is 5.75 Å². The van der Waals surface area contributed by atoms with Crippen LogP contribution in [0.2, 0.25) is 0 Å². The van der Waals surface area contributed by atoms with Crippen molar-refractivity contribution in [3.63, 3.8) is 0 Å². The fourth-order valence-corrected chi connectivity index (χ4v) is 2.33. The van der Waals surface area contributed by atoms with E-state index in [-0.39, 0.29) is 6.61 Å². The fraction of sp³-hybridized carbons (Fsp3) is 0.333. The van der Waals surface area contributed by atoms with Crippen LogP contribution in [0.15, 0.2) is 42.5 Å². The number of anilines is 1. The van der Waals surface area contributed by atoms with Gasteiger partial charge in [0.15, 0.2) is 0 Å². The van der Waals surface area contributed by atoms with E-state index in [1.54, 1.807) is 7.11 Å². The van der Waals surface area contributed by atoms with Crippen molar-refractivity contribution in [1.82, 2.24) is 0 Å². The molecule has 2 aromatic carbocycles. The quantitative estimate of drug-likeness (QED) is 0.881. The predicted molar refractivity (Wildman–Crippen MR) is 87.0 cm³/mol. The van der Waals surface area contributed by atoms with Crippen LogP contribution >= 0.6 is 0 Å². The van der Waals surface area contributed by atoms with Gasteiger partial charge in [-0.3, -0.25) is 0 Å². The number of ether oxygens (including phenoxy) is 1. The number of aliphatic hydroxyl groups is 1. The lowest BCUT2D eigenvalue weighted by molar-refractivity contribution is 0.223. The number of hydrogen-bond acceptors (Lipinski definition) is 3. The maximum atomic E-state index is 9.92. The first-order valence-electron chi connectivity index (χ1n) is 7.10. The minimum absolute atomic E-state index is 0.00640. The molecule has 0 aliphatic carbocycles. The number of benzene rings is 2. The molecule has 2 aromatic rings. The van der Waals surface area contributed by atoms with Gasteiger partial charge in [-0.2, -0.15) is 0 Å². The molecule has 1 atom stereocenters. The van der Waals surface area contributed by atoms with Crippen LogP contribution in [0, 0.1) is 13.8 Å². The van der Waals surface area contributed by atoms with E-state index in [1.807, 2.05) is 31.2 Å². The molecule has 1 unspecified atom stereocenters. The molecule has 112 valence electrons. The van der Waals surface area contributed by atoms with Crippen LogP contribution in [0.3, 0.4) is 0 Å². The van der Waals surface area contributed by atoms with Gasteiger partial charge < -0.3 is 15.2 Å². The first kappa shape index (κ1) is 15.4. The fourth-order valence-electron chi connectivity index (χ4n) is 2.33. The molecule has 0 amide bonds. The first-order chi connectivity index (χ1) is 10.00. The van der Waals surface area contributed by atoms with Crippen molar-refractivity contribution in [1.29, 1.82) is 0 Å². The molecule has 0 spiro atoms. The molecule has 0 saturated carbocycles. The molecule has 3 nitrogen and oxygen atoms in total. The Labute approximate surface area is 126 Å². The van der Waals surface area contributed by atoms with Crippen molar-refractivity contribution >= 4 is 5.69 Å². The molecule has 21 heavy (non-hydrogen) atoms. The zero-order valence-corrected chi connectivity index (χ0v) is 13.1. The minimum atomic E-state index is -0.562. The van der Waals surface area contributed by atoms with Crippen LogP contribution < -0.4 is 10.1 Å². The summed E-state index contributed by atoms with van der Waals surface area (Å²) in [5.74, 6) is 0.765. The van der Waals surface area contributed by atoms with Crippen LogP contribution in [-0.2, 0) is 5.54 Å². The Morgan fingerprint density at radius 3 is 2.43 bits per heavy atom. The van der Waals surface area contributed by atoms with Crippen molar-refractivity contribution < 1.29 is 9.84 Å². The number of nitrogens with one attached hydrogen (secondary N) is 1. The van der Waals surface area contributed by atoms with Gasteiger partial charge in [0.1, 0.15) is 5.75 Å². The summed E-state index contributed by atoms with van der Waals surface area (Å²) in [6.07, 6.45) is 0. The number of aryl methyl sites for hydroxylation is 2. The Hall–Kier alpha value is -2.00. The highest BCUT2D eigenvalue weighted by molar-refractivity contribution is 5.58. The molecule has 3 heteroatoms. The van der Waals surface area contributed by atoms with E-state index in [0.29, 0.717) is 0 Å². The summed E-state index contributed by atoms with van der Waals surface area (Å²) in [6.45, 7) is 6.15. The minimum Gasteiger partial charge on any atom is -0.495 e. The van der Waals surface area contributed by atoms with Gasteiger partial charge in [-0.1, -0.05) is 30.3 Å². The largest absolute Gasteiger partial charge is 0.495 e. The molecule has 0 fully saturated rings. The summed E-state index contributed by atoms with van der Waals surface area (Å²) < 4.78 is 5.37. The zero-order chi connectivity index (χ0) is 15.5. The van der Waals surface area contributed by atoms with Crippen LogP contribution in [0.1, 0.15) is 23.6 Å². The third-order valence-electron chi connectivity index (χ3n) is 3.98. The Bertz CT molecular complexity index is 624. The first-order valence-corrected chi connectivity index (χ1v) is 7.10. The maximum Gasteiger partial charge on any atom is 0.141 e. The van der Waals surface area contributed by atoms with Crippen LogP contribution in [-0.4, -0.2) is 18.8 Å². The maximum absolute atomic E-state index is 9.92. The van der Waals surface area contributed by atoms with E-state index in [0.717, 1.165) is 17.0 Å². The lowest BCUT2D eigenvalue weighted by atomic mass is 9.90. The smallest absolute Gasteiger partial charge is 0.141 e. The molecule has 0 radical (unpaired) electrons. The summed E-state index contributed by atoms with van der Waals surface area (Å²) in [7, 11) is 1.65. The Morgan fingerprint density at radius 1 is 1.10 bits per heavy atom. The summed E-state index contributed by atoms with van der Waals surface area (Å²) in [4.78, 5) is 0. The van der Waals surface area contributed by atoms with Gasteiger partial charge in [0.05, 0.1) is 24.9 Å². The molecule has 0 bridgehead atoms. The Balaban J connectivity index is 2.39. The second kappa shape index (κ2) is 6.19. The molecule has 2 N–H and O–H groups in total. The number of aliphatic hydroxyl groups excluding tert-OH is 1. The SMILES string of the molecule is COc1ccccc1NC(C)(CO)c1ccc(C)c(C)c1. The van der Waals surface area contributed by atoms with E-state index in [2.05, 4.69) is 37.4 Å². The third-order valence-corrected chi connectivity index (χ3v) is 3.98. The molecule has 0 saturated heterocycles. The highest BCUT2D eigenvalue weighted by atomic mass is 16.5. The van der Waals surface area contributed by atoms with Gasteiger partial charge in [0, 0.05) is 0 Å². The van der Waals surface area contributed by atoms with Crippen LogP contribution in [0.5, 0.6) is 5.75 Å². The summed E-state index contributed by atoms with van der Waals surface area (Å²) in [5, 5.41) is 13.3. The van der Waals surface area contributed by atoms with Crippen molar-refractivity contribution in [2.24, 2.45) is 0 Å². The summed E-state index contributed by atoms with van der Waals surface area (Å²) >= 11 is 0. The van der Waals surface area contributed by atoms with E-state index in [4.69, 9.17) is 4.74 Å². The standard InChI is InChI=1S/C18H23NO2/c1-13-9-10-15(11-14(13)2)18(3,12-20)19-16-7-5-6-8-17(16)21-4/h5-11,19-20H,12H2,1-4H3. The van der Waals surface area contributed by atoms with Gasteiger partial charge in [0.25, 0.3) is 0 Å². The van der Waals surface area contributed by atoms with E-state index < -0.39 is 5.54 Å². The molecular formula is C18H23NO2. The van der Waals surface area contributed by atoms with Gasteiger partial charge >= 0.3 is 0 Å². The topological polar surface area (TPSA) is 41.5 Å². The number of rotatable bonds is 5. The summed E-state index contributed by atoms with van der Waals surface area (Å²) in [6, 6.07) is 14.0. The molecule has 0 aromatic heterocycles. The number of methoxy groups -OCH3 is 1. The van der Waals surface area contributed by atoms with E-state index in [9.17, 15) is 5.11 Å². The monoisotopic (exact) mass is 285 g/mol. The van der Waals surface area contributed by atoms with Crippen molar-refractivity contribution in [3.05, 3.63) is 59.2 Å². The van der Waals surface area contributed by atoms with Crippen LogP contribution in [0.25, 0.3) is 0 Å². The molecule has 2 rings (SSSR count). The lowest BCUT2D eigenvalue weighted by Crippen LogP contribution is -2.36. The highest BCUT2D eigenvalue weighted by Crippen LogP contribution is 2.32. The summed E-state index contributed by atoms with van der Waals surface area (Å²) in [5.41, 5.74) is 3.83. The average molecular weight is 285 g/mol. The average Bonchev–Trinajstić information content (AvgIpc) is 2.50.